The second-order valence-electron chi connectivity index (χ2n) is 4.78. The van der Waals surface area contributed by atoms with E-state index in [2.05, 4.69) is 32.6 Å². The Morgan fingerprint density at radius 2 is 2.26 bits per heavy atom. The molecule has 0 aromatic carbocycles. The van der Waals surface area contributed by atoms with Crippen LogP contribution in [0.15, 0.2) is 30.6 Å². The molecular formula is C13H14N6. The highest BCUT2D eigenvalue weighted by atomic mass is 15.4. The summed E-state index contributed by atoms with van der Waals surface area (Å²) in [6, 6.07) is 6.28. The second kappa shape index (κ2) is 3.81. The highest BCUT2D eigenvalue weighted by Crippen LogP contribution is 2.33. The maximum Gasteiger partial charge on any atom is 0.183 e. The molecule has 6 heteroatoms. The van der Waals surface area contributed by atoms with Crippen LogP contribution < -0.4 is 5.32 Å². The largest absolute Gasteiger partial charge is 0.370 e. The minimum absolute atomic E-state index is 0.220. The van der Waals surface area contributed by atoms with E-state index < -0.39 is 0 Å². The number of aromatic nitrogens is 5. The Morgan fingerprint density at radius 1 is 1.32 bits per heavy atom. The van der Waals surface area contributed by atoms with Crippen LogP contribution in [0.3, 0.4) is 0 Å². The molecule has 6 nitrogen and oxygen atoms in total. The van der Waals surface area contributed by atoms with Gasteiger partial charge in [0.2, 0.25) is 0 Å². The van der Waals surface area contributed by atoms with Gasteiger partial charge in [0.1, 0.15) is 5.82 Å². The second-order valence-corrected chi connectivity index (χ2v) is 4.78. The Balaban J connectivity index is 1.93. The third-order valence-electron chi connectivity index (χ3n) is 3.68. The van der Waals surface area contributed by atoms with E-state index in [0.717, 1.165) is 29.8 Å². The average Bonchev–Trinajstić information content (AvgIpc) is 3.02. The van der Waals surface area contributed by atoms with Gasteiger partial charge < -0.3 is 5.32 Å². The Kier molecular flexibility index (Phi) is 2.11. The monoisotopic (exact) mass is 254 g/mol. The van der Waals surface area contributed by atoms with E-state index in [-0.39, 0.29) is 6.04 Å². The number of aryl methyl sites for hydroxylation is 1. The molecule has 3 aromatic heterocycles. The van der Waals surface area contributed by atoms with Crippen molar-refractivity contribution in [3.8, 4) is 0 Å². The van der Waals surface area contributed by atoms with Gasteiger partial charge in [-0.25, -0.2) is 9.67 Å². The van der Waals surface area contributed by atoms with Crippen molar-refractivity contribution in [3.05, 3.63) is 36.3 Å². The quantitative estimate of drug-likeness (QED) is 0.716. The van der Waals surface area contributed by atoms with E-state index in [1.54, 1.807) is 6.20 Å². The fraction of sp³-hybridized carbons (Fsp3) is 0.308. The molecule has 0 bridgehead atoms. The van der Waals surface area contributed by atoms with Crippen LogP contribution in [0.5, 0.6) is 0 Å². The summed E-state index contributed by atoms with van der Waals surface area (Å²) >= 11 is 0. The minimum Gasteiger partial charge on any atom is -0.370 e. The van der Waals surface area contributed by atoms with Gasteiger partial charge in [-0.05, 0) is 24.6 Å². The van der Waals surface area contributed by atoms with E-state index in [1.165, 1.54) is 5.69 Å². The SMILES string of the molecule is Cn1nccc1C1CCNc2c3cccnc3nn21. The first-order valence-electron chi connectivity index (χ1n) is 6.39. The molecule has 1 atom stereocenters. The number of fused-ring (bicyclic) bond motifs is 3. The summed E-state index contributed by atoms with van der Waals surface area (Å²) in [7, 11) is 1.97. The molecule has 0 saturated heterocycles. The van der Waals surface area contributed by atoms with Crippen molar-refractivity contribution in [2.45, 2.75) is 12.5 Å². The summed E-state index contributed by atoms with van der Waals surface area (Å²) in [5.74, 6) is 1.06. The predicted molar refractivity (Wildman–Crippen MR) is 72.0 cm³/mol. The van der Waals surface area contributed by atoms with Crippen LogP contribution in [-0.4, -0.2) is 31.1 Å². The molecule has 1 unspecified atom stereocenters. The van der Waals surface area contributed by atoms with E-state index in [9.17, 15) is 0 Å². The first-order valence-corrected chi connectivity index (χ1v) is 6.39. The summed E-state index contributed by atoms with van der Waals surface area (Å²) in [6.45, 7) is 0.936. The van der Waals surface area contributed by atoms with Gasteiger partial charge >= 0.3 is 0 Å². The molecule has 3 aromatic rings. The van der Waals surface area contributed by atoms with Crippen LogP contribution in [0.4, 0.5) is 5.82 Å². The lowest BCUT2D eigenvalue weighted by molar-refractivity contribution is 0.455. The number of rotatable bonds is 1. The average molecular weight is 254 g/mol. The van der Waals surface area contributed by atoms with Gasteiger partial charge in [-0.1, -0.05) is 0 Å². The number of hydrogen-bond donors (Lipinski definition) is 1. The van der Waals surface area contributed by atoms with Crippen molar-refractivity contribution < 1.29 is 0 Å². The zero-order chi connectivity index (χ0) is 12.8. The van der Waals surface area contributed by atoms with Crippen LogP contribution in [0.1, 0.15) is 18.2 Å². The van der Waals surface area contributed by atoms with Gasteiger partial charge in [-0.2, -0.15) is 5.10 Å². The Hall–Kier alpha value is -2.37. The molecule has 1 N–H and O–H groups in total. The Labute approximate surface area is 110 Å². The fourth-order valence-corrected chi connectivity index (χ4v) is 2.77. The molecule has 1 aliphatic rings. The minimum atomic E-state index is 0.220. The van der Waals surface area contributed by atoms with Crippen LogP contribution in [0.25, 0.3) is 11.0 Å². The van der Waals surface area contributed by atoms with Crippen molar-refractivity contribution in [3.63, 3.8) is 0 Å². The van der Waals surface area contributed by atoms with Gasteiger partial charge in [0.25, 0.3) is 0 Å². The molecule has 0 aliphatic carbocycles. The van der Waals surface area contributed by atoms with Gasteiger partial charge in [-0.3, -0.25) is 4.68 Å². The molecule has 19 heavy (non-hydrogen) atoms. The van der Waals surface area contributed by atoms with Crippen molar-refractivity contribution in [2.24, 2.45) is 7.05 Å². The zero-order valence-electron chi connectivity index (χ0n) is 10.6. The Morgan fingerprint density at radius 3 is 3.11 bits per heavy atom. The molecule has 0 amide bonds. The summed E-state index contributed by atoms with van der Waals surface area (Å²) in [5, 5.41) is 13.4. The maximum absolute atomic E-state index is 4.63. The molecular weight excluding hydrogens is 240 g/mol. The van der Waals surface area contributed by atoms with E-state index >= 15 is 0 Å². The van der Waals surface area contributed by atoms with Gasteiger partial charge in [0.05, 0.1) is 17.1 Å². The molecule has 0 radical (unpaired) electrons. The molecule has 4 heterocycles. The normalized spacial score (nSPS) is 18.3. The first kappa shape index (κ1) is 10.5. The van der Waals surface area contributed by atoms with Gasteiger partial charge in [-0.15, -0.1) is 5.10 Å². The molecule has 4 rings (SSSR count). The van der Waals surface area contributed by atoms with Crippen molar-refractivity contribution in [1.29, 1.82) is 0 Å². The van der Waals surface area contributed by atoms with E-state index in [4.69, 9.17) is 0 Å². The van der Waals surface area contributed by atoms with Crippen molar-refractivity contribution in [1.82, 2.24) is 24.5 Å². The molecule has 0 saturated carbocycles. The third-order valence-corrected chi connectivity index (χ3v) is 3.68. The molecule has 0 fully saturated rings. The number of anilines is 1. The predicted octanol–water partition coefficient (Wildman–Crippen LogP) is 1.57. The van der Waals surface area contributed by atoms with Crippen LogP contribution in [0.2, 0.25) is 0 Å². The number of nitrogens with one attached hydrogen (secondary N) is 1. The standard InChI is InChI=1S/C13H14N6/c1-18-10(5-8-16-18)11-4-7-15-13-9-3-2-6-14-12(9)17-19(11)13/h2-3,5-6,8,11,15H,4,7H2,1H3. The molecule has 1 aliphatic heterocycles. The number of hydrogen-bond acceptors (Lipinski definition) is 4. The number of nitrogens with zero attached hydrogens (tertiary/aromatic N) is 5. The summed E-state index contributed by atoms with van der Waals surface area (Å²) in [4.78, 5) is 4.33. The lowest BCUT2D eigenvalue weighted by Gasteiger charge is -2.25. The van der Waals surface area contributed by atoms with Crippen molar-refractivity contribution >= 4 is 16.9 Å². The topological polar surface area (TPSA) is 60.6 Å². The van der Waals surface area contributed by atoms with E-state index in [0.29, 0.717) is 0 Å². The summed E-state index contributed by atoms with van der Waals surface area (Å²) in [5.41, 5.74) is 1.97. The lowest BCUT2D eigenvalue weighted by Crippen LogP contribution is -2.25. The lowest BCUT2D eigenvalue weighted by atomic mass is 10.1. The van der Waals surface area contributed by atoms with Crippen LogP contribution in [-0.2, 0) is 7.05 Å². The Bertz CT molecular complexity index is 741. The highest BCUT2D eigenvalue weighted by Gasteiger charge is 2.26. The fourth-order valence-electron chi connectivity index (χ4n) is 2.77. The third kappa shape index (κ3) is 1.46. The highest BCUT2D eigenvalue weighted by molar-refractivity contribution is 5.87. The smallest absolute Gasteiger partial charge is 0.183 e. The van der Waals surface area contributed by atoms with Gasteiger partial charge in [0.15, 0.2) is 5.65 Å². The van der Waals surface area contributed by atoms with Crippen molar-refractivity contribution in [2.75, 3.05) is 11.9 Å². The first-order chi connectivity index (χ1) is 9.34. The van der Waals surface area contributed by atoms with Gasteiger partial charge in [0, 0.05) is 26.0 Å². The summed E-state index contributed by atoms with van der Waals surface area (Å²) in [6.07, 6.45) is 4.61. The number of pyridine rings is 1. The zero-order valence-corrected chi connectivity index (χ0v) is 10.6. The van der Waals surface area contributed by atoms with E-state index in [1.807, 2.05) is 28.7 Å². The van der Waals surface area contributed by atoms with Crippen LogP contribution >= 0.6 is 0 Å². The maximum atomic E-state index is 4.63. The molecule has 0 spiro atoms. The molecule has 96 valence electrons. The summed E-state index contributed by atoms with van der Waals surface area (Å²) < 4.78 is 3.96. The van der Waals surface area contributed by atoms with Crippen LogP contribution in [0, 0.1) is 0 Å².